The lowest BCUT2D eigenvalue weighted by molar-refractivity contribution is 0.0846. The number of furan rings is 1. The monoisotopic (exact) mass is 476 g/mol. The number of carbonyl (C=O) groups is 2. The van der Waals surface area contributed by atoms with E-state index in [0.717, 1.165) is 11.3 Å². The van der Waals surface area contributed by atoms with Crippen molar-refractivity contribution in [3.8, 4) is 28.9 Å². The third-order valence-electron chi connectivity index (χ3n) is 5.56. The van der Waals surface area contributed by atoms with Gasteiger partial charge in [-0.05, 0) is 31.2 Å². The summed E-state index contributed by atoms with van der Waals surface area (Å²) in [5, 5.41) is 14.3. The first kappa shape index (κ1) is 22.4. The molecule has 0 aliphatic heterocycles. The molecule has 0 radical (unpaired) electrons. The van der Waals surface area contributed by atoms with Crippen LogP contribution in [0.4, 0.5) is 0 Å². The summed E-state index contributed by atoms with van der Waals surface area (Å²) in [6.07, 6.45) is 5.02. The molecule has 0 fully saturated rings. The fourth-order valence-corrected chi connectivity index (χ4v) is 3.86. The zero-order valence-electron chi connectivity index (χ0n) is 19.2. The minimum Gasteiger partial charge on any atom is -0.443 e. The third kappa shape index (κ3) is 4.15. The van der Waals surface area contributed by atoms with E-state index in [1.807, 2.05) is 66.7 Å². The summed E-state index contributed by atoms with van der Waals surface area (Å²) in [7, 11) is 0. The molecule has 5 rings (SSSR count). The number of nitriles is 1. The molecule has 0 spiro atoms. The number of nitrogens with one attached hydrogen (secondary N) is 2. The quantitative estimate of drug-likeness (QED) is 0.369. The standard InChI is InChI=1S/C27H20N6O3/c1-18-23(21(16-28)27(36-18)32-14-8-9-15-32)26(35)30-29-25(34)22-17-33(20-12-6-3-7-13-20)31-24(22)19-10-4-2-5-11-19/h2-15,17H,1H3,(H,29,34)(H,30,35). The maximum absolute atomic E-state index is 13.2. The molecule has 0 atom stereocenters. The van der Waals surface area contributed by atoms with E-state index in [9.17, 15) is 14.9 Å². The highest BCUT2D eigenvalue weighted by Gasteiger charge is 2.26. The van der Waals surface area contributed by atoms with Crippen LogP contribution in [0.1, 0.15) is 32.0 Å². The van der Waals surface area contributed by atoms with Crippen LogP contribution in [-0.4, -0.2) is 26.2 Å². The number of hydrogen-bond acceptors (Lipinski definition) is 5. The van der Waals surface area contributed by atoms with Crippen molar-refractivity contribution in [1.82, 2.24) is 25.2 Å². The van der Waals surface area contributed by atoms with E-state index in [1.165, 1.54) is 0 Å². The molecule has 0 aliphatic carbocycles. The van der Waals surface area contributed by atoms with Crippen LogP contribution >= 0.6 is 0 Å². The van der Waals surface area contributed by atoms with E-state index in [4.69, 9.17) is 4.42 Å². The van der Waals surface area contributed by atoms with Crippen LogP contribution in [0.5, 0.6) is 0 Å². The van der Waals surface area contributed by atoms with Crippen molar-refractivity contribution in [2.75, 3.05) is 0 Å². The van der Waals surface area contributed by atoms with Gasteiger partial charge < -0.3 is 4.42 Å². The van der Waals surface area contributed by atoms with Crippen LogP contribution in [0.3, 0.4) is 0 Å². The maximum Gasteiger partial charge on any atom is 0.274 e. The summed E-state index contributed by atoms with van der Waals surface area (Å²) in [5.74, 6) is -0.748. The van der Waals surface area contributed by atoms with Crippen molar-refractivity contribution in [2.45, 2.75) is 6.92 Å². The molecule has 2 aromatic carbocycles. The highest BCUT2D eigenvalue weighted by Crippen LogP contribution is 2.26. The van der Waals surface area contributed by atoms with Crippen molar-refractivity contribution in [1.29, 1.82) is 5.26 Å². The molecule has 2 amide bonds. The van der Waals surface area contributed by atoms with Crippen LogP contribution in [-0.2, 0) is 0 Å². The summed E-state index contributed by atoms with van der Waals surface area (Å²) in [5.41, 5.74) is 7.21. The third-order valence-corrected chi connectivity index (χ3v) is 5.56. The number of hydrazine groups is 1. The van der Waals surface area contributed by atoms with E-state index < -0.39 is 11.8 Å². The Labute approximate surface area is 206 Å². The minimum atomic E-state index is -0.670. The summed E-state index contributed by atoms with van der Waals surface area (Å²) in [4.78, 5) is 26.2. The number of benzene rings is 2. The van der Waals surface area contributed by atoms with Gasteiger partial charge in [-0.2, -0.15) is 10.4 Å². The van der Waals surface area contributed by atoms with Gasteiger partial charge >= 0.3 is 0 Å². The normalized spacial score (nSPS) is 10.6. The SMILES string of the molecule is Cc1oc(-n2cccc2)c(C#N)c1C(=O)NNC(=O)c1cn(-c2ccccc2)nc1-c1ccccc1. The largest absolute Gasteiger partial charge is 0.443 e. The lowest BCUT2D eigenvalue weighted by Gasteiger charge is -2.07. The fraction of sp³-hybridized carbons (Fsp3) is 0.0370. The molecule has 5 aromatic rings. The van der Waals surface area contributed by atoms with Gasteiger partial charge in [-0.1, -0.05) is 48.5 Å². The molecule has 0 aliphatic rings. The van der Waals surface area contributed by atoms with E-state index >= 15 is 0 Å². The molecule has 36 heavy (non-hydrogen) atoms. The van der Waals surface area contributed by atoms with Gasteiger partial charge in [0.05, 0.1) is 11.3 Å². The Morgan fingerprint density at radius 1 is 0.917 bits per heavy atom. The number of para-hydroxylation sites is 1. The van der Waals surface area contributed by atoms with Crippen LogP contribution in [0.15, 0.2) is 95.8 Å². The number of aryl methyl sites for hydroxylation is 1. The molecule has 9 heteroatoms. The van der Waals surface area contributed by atoms with Crippen LogP contribution < -0.4 is 10.9 Å². The molecule has 0 saturated heterocycles. The Hall–Kier alpha value is -5.36. The second-order valence-electron chi connectivity index (χ2n) is 7.86. The molecule has 2 N–H and O–H groups in total. The molecular formula is C27H20N6O3. The zero-order valence-corrected chi connectivity index (χ0v) is 19.2. The molecule has 3 heterocycles. The van der Waals surface area contributed by atoms with Crippen molar-refractivity contribution in [2.24, 2.45) is 0 Å². The average Bonchev–Trinajstić information content (AvgIpc) is 3.66. The van der Waals surface area contributed by atoms with E-state index in [1.54, 1.807) is 46.9 Å². The van der Waals surface area contributed by atoms with Crippen molar-refractivity contribution >= 4 is 11.8 Å². The molecular weight excluding hydrogens is 456 g/mol. The average molecular weight is 476 g/mol. The van der Waals surface area contributed by atoms with Gasteiger partial charge in [0.1, 0.15) is 28.7 Å². The summed E-state index contributed by atoms with van der Waals surface area (Å²) >= 11 is 0. The van der Waals surface area contributed by atoms with Gasteiger partial charge in [-0.3, -0.25) is 25.0 Å². The summed E-state index contributed by atoms with van der Waals surface area (Å²) in [6.45, 7) is 1.59. The Morgan fingerprint density at radius 3 is 2.22 bits per heavy atom. The van der Waals surface area contributed by atoms with Crippen LogP contribution in [0.25, 0.3) is 22.8 Å². The molecule has 9 nitrogen and oxygen atoms in total. The van der Waals surface area contributed by atoms with Crippen molar-refractivity contribution in [3.05, 3.63) is 114 Å². The summed E-state index contributed by atoms with van der Waals surface area (Å²) in [6, 6.07) is 24.3. The number of nitrogens with zero attached hydrogens (tertiary/aromatic N) is 4. The zero-order chi connectivity index (χ0) is 25.1. The van der Waals surface area contributed by atoms with Crippen LogP contribution in [0, 0.1) is 18.3 Å². The van der Waals surface area contributed by atoms with Crippen molar-refractivity contribution in [3.63, 3.8) is 0 Å². The minimum absolute atomic E-state index is 0.0461. The number of aromatic nitrogens is 3. The van der Waals surface area contributed by atoms with Gasteiger partial charge in [0.25, 0.3) is 11.8 Å². The van der Waals surface area contributed by atoms with Crippen molar-refractivity contribution < 1.29 is 14.0 Å². The number of carbonyl (C=O) groups excluding carboxylic acids is 2. The van der Waals surface area contributed by atoms with E-state index in [-0.39, 0.29) is 28.3 Å². The van der Waals surface area contributed by atoms with E-state index in [0.29, 0.717) is 5.69 Å². The molecule has 0 unspecified atom stereocenters. The highest BCUT2D eigenvalue weighted by molar-refractivity contribution is 6.03. The Morgan fingerprint density at radius 2 is 1.56 bits per heavy atom. The number of hydrogen-bond donors (Lipinski definition) is 2. The van der Waals surface area contributed by atoms with E-state index in [2.05, 4.69) is 16.0 Å². The molecule has 176 valence electrons. The second kappa shape index (κ2) is 9.48. The van der Waals surface area contributed by atoms with Gasteiger partial charge in [-0.25, -0.2) is 4.68 Å². The first-order valence-electron chi connectivity index (χ1n) is 11.0. The Kier molecular flexibility index (Phi) is 5.91. The van der Waals surface area contributed by atoms with Gasteiger partial charge in [0.15, 0.2) is 0 Å². The Bertz CT molecular complexity index is 1580. The fourth-order valence-electron chi connectivity index (χ4n) is 3.86. The lowest BCUT2D eigenvalue weighted by Crippen LogP contribution is -2.42. The van der Waals surface area contributed by atoms with Gasteiger partial charge in [-0.15, -0.1) is 0 Å². The first-order valence-corrected chi connectivity index (χ1v) is 11.0. The Balaban J connectivity index is 1.42. The van der Waals surface area contributed by atoms with Gasteiger partial charge in [0.2, 0.25) is 5.88 Å². The maximum atomic E-state index is 13.2. The second-order valence-corrected chi connectivity index (χ2v) is 7.86. The highest BCUT2D eigenvalue weighted by atomic mass is 16.4. The lowest BCUT2D eigenvalue weighted by atomic mass is 10.1. The van der Waals surface area contributed by atoms with Gasteiger partial charge in [0, 0.05) is 24.2 Å². The summed E-state index contributed by atoms with van der Waals surface area (Å²) < 4.78 is 8.89. The number of amides is 2. The smallest absolute Gasteiger partial charge is 0.274 e. The van der Waals surface area contributed by atoms with Crippen LogP contribution in [0.2, 0.25) is 0 Å². The topological polar surface area (TPSA) is 118 Å². The number of rotatable bonds is 5. The molecule has 3 aromatic heterocycles. The molecule has 0 bridgehead atoms. The predicted molar refractivity (Wildman–Crippen MR) is 131 cm³/mol. The molecule has 0 saturated carbocycles. The first-order chi connectivity index (χ1) is 17.6. The predicted octanol–water partition coefficient (Wildman–Crippen LogP) is 4.18.